The van der Waals surface area contributed by atoms with Gasteiger partial charge in [-0.1, -0.05) is 41.6 Å². The number of nitrogens with one attached hydrogen (secondary N) is 1. The van der Waals surface area contributed by atoms with Crippen LogP contribution in [0.4, 0.5) is 5.69 Å². The van der Waals surface area contributed by atoms with Crippen molar-refractivity contribution in [1.82, 2.24) is 15.6 Å². The van der Waals surface area contributed by atoms with Gasteiger partial charge in [-0.3, -0.25) is 14.9 Å². The monoisotopic (exact) mass is 363 g/mol. The molecule has 0 radical (unpaired) electrons. The molecule has 3 rings (SSSR count). The van der Waals surface area contributed by atoms with Crippen molar-refractivity contribution >= 4 is 23.9 Å². The first-order valence-electron chi connectivity index (χ1n) is 7.77. The zero-order valence-electron chi connectivity index (χ0n) is 13.9. The summed E-state index contributed by atoms with van der Waals surface area (Å²) >= 11 is 0. The molecule has 0 saturated carbocycles. The largest absolute Gasteiger partial charge is 0.329 e. The zero-order chi connectivity index (χ0) is 19.1. The van der Waals surface area contributed by atoms with Crippen molar-refractivity contribution in [2.24, 2.45) is 5.10 Å². The number of hydrogen-bond donors (Lipinski definition) is 1. The first-order valence-corrected chi connectivity index (χ1v) is 7.77. The van der Waals surface area contributed by atoms with Crippen molar-refractivity contribution in [2.75, 3.05) is 0 Å². The van der Waals surface area contributed by atoms with E-state index in [0.717, 1.165) is 5.56 Å². The fourth-order valence-corrected chi connectivity index (χ4v) is 2.07. The van der Waals surface area contributed by atoms with Crippen molar-refractivity contribution in [3.8, 4) is 11.4 Å². The van der Waals surface area contributed by atoms with E-state index in [0.29, 0.717) is 5.56 Å². The van der Waals surface area contributed by atoms with Gasteiger partial charge in [0.05, 0.1) is 4.92 Å². The average Bonchev–Trinajstić information content (AvgIpc) is 3.19. The molecule has 1 amide bonds. The Kier molecular flexibility index (Phi) is 5.43. The van der Waals surface area contributed by atoms with Crippen LogP contribution in [0.2, 0.25) is 0 Å². The Bertz CT molecular complexity index is 994. The topological polar surface area (TPSA) is 124 Å². The second-order valence-corrected chi connectivity index (χ2v) is 5.22. The van der Waals surface area contributed by atoms with E-state index >= 15 is 0 Å². The molecule has 1 aromatic heterocycles. The van der Waals surface area contributed by atoms with Gasteiger partial charge < -0.3 is 4.52 Å². The number of hydrazone groups is 1. The Balaban J connectivity index is 1.59. The maximum Gasteiger partial charge on any atom is 0.329 e. The highest BCUT2D eigenvalue weighted by Gasteiger charge is 2.16. The summed E-state index contributed by atoms with van der Waals surface area (Å²) in [5.41, 5.74) is 3.69. The van der Waals surface area contributed by atoms with Gasteiger partial charge in [-0.2, -0.15) is 10.1 Å². The molecule has 2 aromatic carbocycles. The summed E-state index contributed by atoms with van der Waals surface area (Å²) < 4.78 is 4.89. The third kappa shape index (κ3) is 4.69. The van der Waals surface area contributed by atoms with E-state index in [1.165, 1.54) is 30.5 Å². The molecule has 0 aliphatic heterocycles. The fourth-order valence-electron chi connectivity index (χ4n) is 2.07. The number of benzene rings is 2. The van der Waals surface area contributed by atoms with Gasteiger partial charge in [0.15, 0.2) is 0 Å². The predicted molar refractivity (Wildman–Crippen MR) is 97.8 cm³/mol. The van der Waals surface area contributed by atoms with E-state index in [4.69, 9.17) is 4.52 Å². The second kappa shape index (κ2) is 8.30. The molecule has 0 spiro atoms. The fraction of sp³-hybridized carbons (Fsp3) is 0. The van der Waals surface area contributed by atoms with Crippen LogP contribution < -0.4 is 5.43 Å². The summed E-state index contributed by atoms with van der Waals surface area (Å²) in [7, 11) is 0. The molecule has 9 nitrogen and oxygen atoms in total. The van der Waals surface area contributed by atoms with Crippen LogP contribution >= 0.6 is 0 Å². The summed E-state index contributed by atoms with van der Waals surface area (Å²) in [5, 5.41) is 18.1. The van der Waals surface area contributed by atoms with E-state index in [-0.39, 0.29) is 17.4 Å². The molecule has 0 aliphatic carbocycles. The van der Waals surface area contributed by atoms with Crippen molar-refractivity contribution in [2.45, 2.75) is 0 Å². The highest BCUT2D eigenvalue weighted by atomic mass is 16.6. The van der Waals surface area contributed by atoms with Crippen molar-refractivity contribution in [1.29, 1.82) is 0 Å². The molecular weight excluding hydrogens is 350 g/mol. The molecule has 3 aromatic rings. The minimum Gasteiger partial charge on any atom is -0.328 e. The zero-order valence-corrected chi connectivity index (χ0v) is 13.9. The highest BCUT2D eigenvalue weighted by molar-refractivity contribution is 5.90. The SMILES string of the molecule is O=C(N/N=C/C=C/c1ccccc1)c1nc(-c2ccc([N+](=O)[O-])cc2)no1. The Morgan fingerprint density at radius 1 is 1.15 bits per heavy atom. The van der Waals surface area contributed by atoms with Gasteiger partial charge in [0.25, 0.3) is 5.69 Å². The van der Waals surface area contributed by atoms with E-state index in [1.807, 2.05) is 36.4 Å². The lowest BCUT2D eigenvalue weighted by molar-refractivity contribution is -0.384. The lowest BCUT2D eigenvalue weighted by atomic mass is 10.2. The lowest BCUT2D eigenvalue weighted by Crippen LogP contribution is -2.17. The lowest BCUT2D eigenvalue weighted by Gasteiger charge is -1.94. The summed E-state index contributed by atoms with van der Waals surface area (Å²) in [6, 6.07) is 15.2. The summed E-state index contributed by atoms with van der Waals surface area (Å²) in [5.74, 6) is -0.796. The third-order valence-corrected chi connectivity index (χ3v) is 3.37. The first-order chi connectivity index (χ1) is 13.1. The van der Waals surface area contributed by atoms with Gasteiger partial charge in [-0.25, -0.2) is 5.43 Å². The number of amides is 1. The minimum absolute atomic E-state index is 0.0573. The average molecular weight is 363 g/mol. The number of allylic oxidation sites excluding steroid dienone is 1. The summed E-state index contributed by atoms with van der Waals surface area (Å²) in [4.78, 5) is 26.0. The Morgan fingerprint density at radius 2 is 1.89 bits per heavy atom. The molecule has 1 heterocycles. The second-order valence-electron chi connectivity index (χ2n) is 5.22. The first kappa shape index (κ1) is 17.7. The number of non-ortho nitro benzene ring substituents is 1. The van der Waals surface area contributed by atoms with Gasteiger partial charge >= 0.3 is 11.8 Å². The number of aromatic nitrogens is 2. The van der Waals surface area contributed by atoms with Gasteiger partial charge in [-0.05, 0) is 23.8 Å². The Morgan fingerprint density at radius 3 is 2.59 bits per heavy atom. The van der Waals surface area contributed by atoms with Gasteiger partial charge in [0, 0.05) is 23.9 Å². The van der Waals surface area contributed by atoms with Crippen molar-refractivity contribution in [3.05, 3.63) is 82.2 Å². The van der Waals surface area contributed by atoms with E-state index < -0.39 is 10.8 Å². The number of hydrogen-bond acceptors (Lipinski definition) is 7. The molecular formula is C18H13N5O4. The molecule has 0 bridgehead atoms. The van der Waals surface area contributed by atoms with Crippen molar-refractivity contribution in [3.63, 3.8) is 0 Å². The standard InChI is InChI=1S/C18H13N5O4/c24-17(21-19-12-4-7-13-5-2-1-3-6-13)18-20-16(22-27-18)14-8-10-15(11-9-14)23(25)26/h1-12H,(H,21,24)/b7-4+,19-12+. The molecule has 0 unspecified atom stereocenters. The van der Waals surface area contributed by atoms with Crippen molar-refractivity contribution < 1.29 is 14.2 Å². The van der Waals surface area contributed by atoms with Crippen LogP contribution in [0.25, 0.3) is 17.5 Å². The van der Waals surface area contributed by atoms with Crippen LogP contribution in [0, 0.1) is 10.1 Å². The van der Waals surface area contributed by atoms with Crippen LogP contribution in [0.3, 0.4) is 0 Å². The number of carbonyl (C=O) groups is 1. The normalized spacial score (nSPS) is 11.1. The molecule has 0 saturated heterocycles. The van der Waals surface area contributed by atoms with E-state index in [1.54, 1.807) is 6.08 Å². The van der Waals surface area contributed by atoms with E-state index in [9.17, 15) is 14.9 Å². The van der Waals surface area contributed by atoms with Crippen LogP contribution in [-0.2, 0) is 0 Å². The molecule has 27 heavy (non-hydrogen) atoms. The third-order valence-electron chi connectivity index (χ3n) is 3.37. The Labute approximate surface area is 153 Å². The molecule has 0 fully saturated rings. The van der Waals surface area contributed by atoms with Crippen LogP contribution in [-0.4, -0.2) is 27.2 Å². The van der Waals surface area contributed by atoms with Gasteiger partial charge in [0.1, 0.15) is 0 Å². The number of rotatable bonds is 6. The molecule has 0 aliphatic rings. The molecule has 1 N–H and O–H groups in total. The quantitative estimate of drug-likeness (QED) is 0.408. The van der Waals surface area contributed by atoms with Crippen LogP contribution in [0.1, 0.15) is 16.2 Å². The van der Waals surface area contributed by atoms with Crippen LogP contribution in [0.15, 0.2) is 70.3 Å². The predicted octanol–water partition coefficient (Wildman–Crippen LogP) is 3.07. The van der Waals surface area contributed by atoms with Crippen LogP contribution in [0.5, 0.6) is 0 Å². The molecule has 134 valence electrons. The number of nitrogens with zero attached hydrogens (tertiary/aromatic N) is 4. The Hall–Kier alpha value is -4.14. The van der Waals surface area contributed by atoms with Gasteiger partial charge in [0.2, 0.25) is 5.82 Å². The minimum atomic E-state index is -0.667. The summed E-state index contributed by atoms with van der Waals surface area (Å²) in [6.07, 6.45) is 4.92. The summed E-state index contributed by atoms with van der Waals surface area (Å²) in [6.45, 7) is 0. The maximum absolute atomic E-state index is 11.9. The maximum atomic E-state index is 11.9. The highest BCUT2D eigenvalue weighted by Crippen LogP contribution is 2.19. The van der Waals surface area contributed by atoms with E-state index in [2.05, 4.69) is 20.7 Å². The molecule has 9 heteroatoms. The van der Waals surface area contributed by atoms with Gasteiger partial charge in [-0.15, -0.1) is 0 Å². The molecule has 0 atom stereocenters. The number of nitro groups is 1. The number of carbonyl (C=O) groups excluding carboxylic acids is 1. The smallest absolute Gasteiger partial charge is 0.328 e. The number of nitro benzene ring substituents is 1.